The molecule has 134 valence electrons. The van der Waals surface area contributed by atoms with E-state index in [-0.39, 0.29) is 11.9 Å². The van der Waals surface area contributed by atoms with Gasteiger partial charge in [-0.2, -0.15) is 4.37 Å². The number of carbonyl (C=O) groups is 2. The number of amides is 3. The van der Waals surface area contributed by atoms with Crippen molar-refractivity contribution in [2.75, 3.05) is 36.8 Å². The van der Waals surface area contributed by atoms with Crippen LogP contribution in [0.4, 0.5) is 16.2 Å². The van der Waals surface area contributed by atoms with Gasteiger partial charge in [0.25, 0.3) is 5.91 Å². The average molecular weight is 361 g/mol. The smallest absolute Gasteiger partial charge is 0.323 e. The van der Waals surface area contributed by atoms with Crippen LogP contribution in [0.5, 0.6) is 0 Å². The van der Waals surface area contributed by atoms with Gasteiger partial charge in [-0.3, -0.25) is 4.79 Å². The molecule has 0 aliphatic rings. The predicted molar refractivity (Wildman–Crippen MR) is 101 cm³/mol. The van der Waals surface area contributed by atoms with E-state index in [2.05, 4.69) is 39.1 Å². The Kier molecular flexibility index (Phi) is 7.36. The summed E-state index contributed by atoms with van der Waals surface area (Å²) >= 11 is 1.26. The molecular formula is C17H23N5O2S. The average Bonchev–Trinajstić information content (AvgIpc) is 3.12. The van der Waals surface area contributed by atoms with Gasteiger partial charge in [0.15, 0.2) is 0 Å². The van der Waals surface area contributed by atoms with Crippen molar-refractivity contribution >= 4 is 34.8 Å². The van der Waals surface area contributed by atoms with Gasteiger partial charge in [-0.05, 0) is 48.9 Å². The van der Waals surface area contributed by atoms with Gasteiger partial charge in [-0.25, -0.2) is 4.79 Å². The van der Waals surface area contributed by atoms with Crippen molar-refractivity contribution in [1.82, 2.24) is 14.6 Å². The molecule has 0 saturated carbocycles. The molecular weight excluding hydrogens is 338 g/mol. The largest absolute Gasteiger partial charge is 0.351 e. The Bertz CT molecular complexity index is 669. The first kappa shape index (κ1) is 18.9. The number of hydrogen-bond donors (Lipinski definition) is 3. The first-order chi connectivity index (χ1) is 12.1. The van der Waals surface area contributed by atoms with Gasteiger partial charge in [0.2, 0.25) is 0 Å². The molecule has 2 rings (SSSR count). The quantitative estimate of drug-likeness (QED) is 0.675. The topological polar surface area (TPSA) is 86.4 Å². The Balaban J connectivity index is 1.80. The van der Waals surface area contributed by atoms with Gasteiger partial charge in [0.1, 0.15) is 0 Å². The number of anilines is 2. The van der Waals surface area contributed by atoms with Crippen molar-refractivity contribution in [2.45, 2.75) is 13.8 Å². The molecule has 0 spiro atoms. The standard InChI is InChI=1S/C17H23N5O2S/c1-3-22(4-2)10-9-18-16(23)13-5-7-14(8-6-13)20-17(24)21-15-11-19-25-12-15/h5-8,11-12H,3-4,9-10H2,1-2H3,(H,18,23)(H2,20,21,24). The summed E-state index contributed by atoms with van der Waals surface area (Å²) in [7, 11) is 0. The third-order valence-corrected chi connectivity index (χ3v) is 4.29. The Hall–Kier alpha value is -2.45. The van der Waals surface area contributed by atoms with Crippen molar-refractivity contribution in [3.63, 3.8) is 0 Å². The Morgan fingerprint density at radius 3 is 2.36 bits per heavy atom. The molecule has 0 atom stereocenters. The maximum Gasteiger partial charge on any atom is 0.323 e. The Morgan fingerprint density at radius 2 is 1.76 bits per heavy atom. The van der Waals surface area contributed by atoms with E-state index in [4.69, 9.17) is 0 Å². The highest BCUT2D eigenvalue weighted by atomic mass is 32.1. The minimum Gasteiger partial charge on any atom is -0.351 e. The Morgan fingerprint density at radius 1 is 1.08 bits per heavy atom. The van der Waals surface area contributed by atoms with Gasteiger partial charge in [0, 0.05) is 29.7 Å². The summed E-state index contributed by atoms with van der Waals surface area (Å²) in [4.78, 5) is 26.2. The zero-order valence-electron chi connectivity index (χ0n) is 14.4. The lowest BCUT2D eigenvalue weighted by atomic mass is 10.2. The highest BCUT2D eigenvalue weighted by molar-refractivity contribution is 7.04. The number of likely N-dealkylation sites (N-methyl/N-ethyl adjacent to an activating group) is 1. The summed E-state index contributed by atoms with van der Waals surface area (Å²) in [5.74, 6) is -0.118. The minimum absolute atomic E-state index is 0.118. The molecule has 2 aromatic rings. The van der Waals surface area contributed by atoms with Crippen LogP contribution in [0.15, 0.2) is 35.8 Å². The van der Waals surface area contributed by atoms with Crippen LogP contribution in [0, 0.1) is 0 Å². The van der Waals surface area contributed by atoms with Gasteiger partial charge < -0.3 is 20.9 Å². The molecule has 8 heteroatoms. The molecule has 3 amide bonds. The minimum atomic E-state index is -0.350. The van der Waals surface area contributed by atoms with E-state index in [9.17, 15) is 9.59 Å². The monoisotopic (exact) mass is 361 g/mol. The maximum absolute atomic E-state index is 12.1. The first-order valence-electron chi connectivity index (χ1n) is 8.20. The lowest BCUT2D eigenvalue weighted by Gasteiger charge is -2.18. The number of urea groups is 1. The molecule has 0 unspecified atom stereocenters. The molecule has 3 N–H and O–H groups in total. The molecule has 7 nitrogen and oxygen atoms in total. The maximum atomic E-state index is 12.1. The highest BCUT2D eigenvalue weighted by Gasteiger charge is 2.07. The summed E-state index contributed by atoms with van der Waals surface area (Å²) in [6, 6.07) is 6.43. The second-order valence-corrected chi connectivity index (χ2v) is 6.01. The normalized spacial score (nSPS) is 10.5. The number of rotatable bonds is 8. The van der Waals surface area contributed by atoms with Crippen molar-refractivity contribution in [3.05, 3.63) is 41.4 Å². The molecule has 1 aromatic carbocycles. The summed E-state index contributed by atoms with van der Waals surface area (Å²) in [6.45, 7) is 7.57. The van der Waals surface area contributed by atoms with Crippen molar-refractivity contribution in [2.24, 2.45) is 0 Å². The van der Waals surface area contributed by atoms with Crippen LogP contribution < -0.4 is 16.0 Å². The van der Waals surface area contributed by atoms with Crippen LogP contribution in [-0.2, 0) is 0 Å². The number of nitrogens with zero attached hydrogens (tertiary/aromatic N) is 2. The van der Waals surface area contributed by atoms with Crippen molar-refractivity contribution < 1.29 is 9.59 Å². The highest BCUT2D eigenvalue weighted by Crippen LogP contribution is 2.12. The van der Waals surface area contributed by atoms with Crippen LogP contribution in [0.2, 0.25) is 0 Å². The van der Waals surface area contributed by atoms with Crippen molar-refractivity contribution in [1.29, 1.82) is 0 Å². The van der Waals surface area contributed by atoms with Crippen LogP contribution >= 0.6 is 11.5 Å². The molecule has 0 aliphatic carbocycles. The lowest BCUT2D eigenvalue weighted by Crippen LogP contribution is -2.34. The third-order valence-electron chi connectivity index (χ3n) is 3.70. The fourth-order valence-electron chi connectivity index (χ4n) is 2.23. The summed E-state index contributed by atoms with van der Waals surface area (Å²) in [5, 5.41) is 10.0. The van der Waals surface area contributed by atoms with Gasteiger partial charge in [-0.15, -0.1) is 0 Å². The molecule has 0 bridgehead atoms. The summed E-state index contributed by atoms with van der Waals surface area (Å²) in [5.41, 5.74) is 1.82. The number of nitrogens with one attached hydrogen (secondary N) is 3. The number of benzene rings is 1. The molecule has 0 aliphatic heterocycles. The number of aromatic nitrogens is 1. The van der Waals surface area contributed by atoms with E-state index < -0.39 is 0 Å². The first-order valence-corrected chi connectivity index (χ1v) is 9.04. The van der Waals surface area contributed by atoms with E-state index in [0.717, 1.165) is 19.6 Å². The second-order valence-electron chi connectivity index (χ2n) is 5.35. The fourth-order valence-corrected chi connectivity index (χ4v) is 2.70. The van der Waals surface area contributed by atoms with Crippen LogP contribution in [0.3, 0.4) is 0 Å². The van der Waals surface area contributed by atoms with E-state index in [0.29, 0.717) is 23.5 Å². The number of carbonyl (C=O) groups excluding carboxylic acids is 2. The predicted octanol–water partition coefficient (Wildman–Crippen LogP) is 2.86. The van der Waals surface area contributed by atoms with Crippen LogP contribution in [0.1, 0.15) is 24.2 Å². The molecule has 1 heterocycles. The van der Waals surface area contributed by atoms with E-state index in [1.54, 1.807) is 35.8 Å². The molecule has 0 fully saturated rings. The van der Waals surface area contributed by atoms with Crippen LogP contribution in [-0.4, -0.2) is 47.4 Å². The number of hydrogen-bond acceptors (Lipinski definition) is 5. The SMILES string of the molecule is CCN(CC)CCNC(=O)c1ccc(NC(=O)Nc2cnsc2)cc1. The van der Waals surface area contributed by atoms with E-state index in [1.165, 1.54) is 11.5 Å². The second kappa shape index (κ2) is 9.75. The molecule has 0 radical (unpaired) electrons. The van der Waals surface area contributed by atoms with Gasteiger partial charge in [0.05, 0.1) is 11.9 Å². The fraction of sp³-hybridized carbons (Fsp3) is 0.353. The van der Waals surface area contributed by atoms with Gasteiger partial charge >= 0.3 is 6.03 Å². The summed E-state index contributed by atoms with van der Waals surface area (Å²) < 4.78 is 3.91. The molecule has 25 heavy (non-hydrogen) atoms. The zero-order valence-corrected chi connectivity index (χ0v) is 15.2. The van der Waals surface area contributed by atoms with Crippen LogP contribution in [0.25, 0.3) is 0 Å². The van der Waals surface area contributed by atoms with Gasteiger partial charge in [-0.1, -0.05) is 13.8 Å². The third kappa shape index (κ3) is 6.17. The lowest BCUT2D eigenvalue weighted by molar-refractivity contribution is 0.0949. The molecule has 1 aromatic heterocycles. The molecule has 0 saturated heterocycles. The summed E-state index contributed by atoms with van der Waals surface area (Å²) in [6.07, 6.45) is 1.58. The van der Waals surface area contributed by atoms with E-state index >= 15 is 0 Å². The zero-order chi connectivity index (χ0) is 18.1. The Labute approximate surface area is 151 Å². The van der Waals surface area contributed by atoms with Crippen molar-refractivity contribution in [3.8, 4) is 0 Å². The van der Waals surface area contributed by atoms with E-state index in [1.807, 2.05) is 0 Å².